The van der Waals surface area contributed by atoms with Crippen molar-refractivity contribution in [2.24, 2.45) is 33.9 Å². The number of nitrogens with zero attached hydrogens (tertiary/aromatic N) is 10. The molecule has 4 aliphatic heterocycles. The molecule has 2 amide bonds. The van der Waals surface area contributed by atoms with Crippen molar-refractivity contribution in [3.05, 3.63) is 47.6 Å². The normalized spacial score (nSPS) is 29.2. The number of Topliss-reactive ketones (excluding diaryl/α,β-unsaturated/α-hetero) is 1. The third-order valence-corrected chi connectivity index (χ3v) is 20.2. The molecule has 20 N–H and O–H groups in total. The van der Waals surface area contributed by atoms with Crippen molar-refractivity contribution in [3.8, 4) is 0 Å². The van der Waals surface area contributed by atoms with Gasteiger partial charge in [0.25, 0.3) is 0 Å². The monoisotopic (exact) mass is 1590 g/mol. The molecular formula is C72H130N16O23. The van der Waals surface area contributed by atoms with E-state index in [1.165, 1.54) is 18.9 Å². The number of hydrazine groups is 1. The van der Waals surface area contributed by atoms with E-state index >= 15 is 0 Å². The molecule has 21 atom stereocenters. The SMILES string of the molecule is CC(=O)N[C@H]1[C@H](OCCCCCN(N)/C=C(\N)CN(C/C(=C/NCCCCCO[C@@H]2O[C@H](CO)[C@H](O)[C@H](O)[C@H]2C)N=N)C(CCCCN(Cc2cn(CCCCCO[C@@H]3O[C@H](CO)[C@H](O)[C@H](O)[C@H]3C)nn2)Cc2cn(CCCCCO[C@@H]3O[C@H](CO)[C@H](O)[C@H](O)[C@H]3NC(C)=O)nn2)C(=O)C(C)(C)C)O[C@H](CO)[C@H](O)[C@@H]1O. The van der Waals surface area contributed by atoms with Gasteiger partial charge in [0.05, 0.1) is 61.8 Å². The predicted molar refractivity (Wildman–Crippen MR) is 396 cm³/mol. The van der Waals surface area contributed by atoms with E-state index in [2.05, 4.69) is 46.6 Å². The van der Waals surface area contributed by atoms with Crippen LogP contribution in [-0.2, 0) is 78.5 Å². The van der Waals surface area contributed by atoms with Crippen molar-refractivity contribution >= 4 is 17.6 Å². The predicted octanol–water partition coefficient (Wildman–Crippen LogP) is -2.45. The summed E-state index contributed by atoms with van der Waals surface area (Å²) in [4.78, 5) is 42.9. The van der Waals surface area contributed by atoms with Crippen molar-refractivity contribution in [3.63, 3.8) is 0 Å². The van der Waals surface area contributed by atoms with Crippen LogP contribution in [0.1, 0.15) is 156 Å². The second-order valence-electron chi connectivity index (χ2n) is 30.6. The van der Waals surface area contributed by atoms with Gasteiger partial charge in [0, 0.05) is 140 Å². The topological polar surface area (TPSA) is 563 Å². The molecule has 0 saturated carbocycles. The highest BCUT2D eigenvalue weighted by molar-refractivity contribution is 5.88. The minimum Gasteiger partial charge on any atom is -0.400 e. The van der Waals surface area contributed by atoms with Crippen LogP contribution in [-0.4, -0.2) is 326 Å². The average Bonchev–Trinajstić information content (AvgIpc) is 1.77. The van der Waals surface area contributed by atoms with Gasteiger partial charge < -0.3 is 126 Å². The molecule has 4 aliphatic rings. The lowest BCUT2D eigenvalue weighted by molar-refractivity contribution is -0.282. The molecule has 1 unspecified atom stereocenters. The number of ether oxygens (including phenoxy) is 8. The summed E-state index contributed by atoms with van der Waals surface area (Å²) in [6.45, 7) is 13.9. The highest BCUT2D eigenvalue weighted by atomic mass is 16.7. The minimum absolute atomic E-state index is 0.0437. The zero-order valence-corrected chi connectivity index (χ0v) is 65.5. The van der Waals surface area contributed by atoms with Crippen LogP contribution in [0.25, 0.3) is 0 Å². The third-order valence-electron chi connectivity index (χ3n) is 20.2. The fourth-order valence-electron chi connectivity index (χ4n) is 13.7. The van der Waals surface area contributed by atoms with Crippen LogP contribution in [0.5, 0.6) is 0 Å². The summed E-state index contributed by atoms with van der Waals surface area (Å²) < 4.78 is 50.0. The van der Waals surface area contributed by atoms with E-state index in [1.54, 1.807) is 35.6 Å². The first kappa shape index (κ1) is 94.3. The Balaban J connectivity index is 1.12. The fraction of sp³-hybridized carbons (Fsp3) is 0.847. The molecule has 39 heteroatoms. The molecule has 0 aliphatic carbocycles. The summed E-state index contributed by atoms with van der Waals surface area (Å²) in [6, 6.07) is -2.85. The molecule has 2 aromatic heterocycles. The van der Waals surface area contributed by atoms with Gasteiger partial charge in [0.2, 0.25) is 11.8 Å². The largest absolute Gasteiger partial charge is 0.400 e. The lowest BCUT2D eigenvalue weighted by atomic mass is 9.84. The second-order valence-corrected chi connectivity index (χ2v) is 30.6. The van der Waals surface area contributed by atoms with E-state index in [-0.39, 0.29) is 32.1 Å². The number of nitrogens with two attached hydrogens (primary N) is 2. The number of hydrogen-bond donors (Lipinski definition) is 18. The number of unbranched alkanes of at least 4 members (excludes halogenated alkanes) is 9. The summed E-state index contributed by atoms with van der Waals surface area (Å²) in [5, 5.41) is 154. The van der Waals surface area contributed by atoms with Crippen LogP contribution in [0.2, 0.25) is 0 Å². The van der Waals surface area contributed by atoms with Crippen molar-refractivity contribution in [2.75, 3.05) is 85.6 Å². The first-order valence-electron chi connectivity index (χ1n) is 39.1. The molecule has 111 heavy (non-hydrogen) atoms. The molecule has 0 spiro atoms. The standard InChI is InChI=1S/C72H130N16O23/c1-44-59(95)61(97)53(40-89)108-68(44)104-28-18-8-13-23-76-32-49(79-74)37-85(33-48(73)34-86(75)25-14-9-19-30-106-70-57(77-46(3)93)65(101)63(99)55(42-91)110-70)52(67(103)72(5,6)7)22-12-17-24-84(35-50-38-87(82-80-50)26-15-10-20-29-105-69-45(2)60(96)62(98)54(41-90)109-69)36-51-39-88(83-81-51)27-16-11-21-31-107-71-58(78-47(4)94)66(102)64(100)56(43-92)111-71/h32,34,38-39,44-45,52-66,68-71,74,76,89-92,95-102H,8-31,33,35-37,40-43,73,75H2,1-7H3,(H,77,93)(H,78,94)/b48-34-,49-32-,79-74?/t44-,45-,52?,53-,54-,55-,56-,57-,58-,59-,60-,61+,62+,63+,64+,65-,66-,68-,69-,70-,71-/m1/s1. The lowest BCUT2D eigenvalue weighted by Crippen LogP contribution is -2.64. The van der Waals surface area contributed by atoms with Gasteiger partial charge in [-0.25, -0.2) is 11.4 Å². The zero-order valence-electron chi connectivity index (χ0n) is 65.5. The number of aromatic nitrogens is 6. The highest BCUT2D eigenvalue weighted by Crippen LogP contribution is 2.31. The lowest BCUT2D eigenvalue weighted by Gasteiger charge is -2.42. The molecule has 0 aromatic carbocycles. The first-order valence-corrected chi connectivity index (χ1v) is 39.1. The molecule has 636 valence electrons. The number of ketones is 1. The maximum atomic E-state index is 14.9. The third kappa shape index (κ3) is 30.5. The van der Waals surface area contributed by atoms with Gasteiger partial charge in [0.1, 0.15) is 73.1 Å². The Morgan fingerprint density at radius 2 is 0.982 bits per heavy atom. The van der Waals surface area contributed by atoms with Gasteiger partial charge in [0.15, 0.2) is 30.9 Å². The van der Waals surface area contributed by atoms with Crippen LogP contribution >= 0.6 is 0 Å². The van der Waals surface area contributed by atoms with Crippen molar-refractivity contribution in [2.45, 2.75) is 287 Å². The summed E-state index contributed by atoms with van der Waals surface area (Å²) in [5.74, 6) is 4.56. The summed E-state index contributed by atoms with van der Waals surface area (Å²) in [7, 11) is 0. The number of carbonyl (C=O) groups is 3. The molecule has 4 fully saturated rings. The van der Waals surface area contributed by atoms with E-state index in [4.69, 9.17) is 55.0 Å². The Labute approximate surface area is 649 Å². The number of rotatable bonds is 52. The Bertz CT molecular complexity index is 3060. The molecular weight excluding hydrogens is 1460 g/mol. The first-order chi connectivity index (χ1) is 53.0. The van der Waals surface area contributed by atoms with Gasteiger partial charge in [-0.2, -0.15) is 5.11 Å². The van der Waals surface area contributed by atoms with E-state index in [1.807, 2.05) is 38.1 Å². The van der Waals surface area contributed by atoms with Gasteiger partial charge in [-0.3, -0.25) is 33.5 Å². The quantitative estimate of drug-likeness (QED) is 0.0141. The number of aliphatic hydroxyl groups is 12. The summed E-state index contributed by atoms with van der Waals surface area (Å²) in [5.41, 5.74) is 16.5. The molecule has 4 saturated heterocycles. The molecule has 6 heterocycles. The van der Waals surface area contributed by atoms with Crippen molar-refractivity contribution < 1.29 is 114 Å². The molecule has 6 rings (SSSR count). The summed E-state index contributed by atoms with van der Waals surface area (Å²) >= 11 is 0. The average molecular weight is 1590 g/mol. The Kier molecular flexibility index (Phi) is 41.4. The molecule has 0 bridgehead atoms. The van der Waals surface area contributed by atoms with Gasteiger partial charge >= 0.3 is 0 Å². The van der Waals surface area contributed by atoms with Crippen LogP contribution in [0.15, 0.2) is 41.3 Å². The number of hydrogen-bond acceptors (Lipinski definition) is 35. The Morgan fingerprint density at radius 1 is 0.577 bits per heavy atom. The molecule has 2 aromatic rings. The Morgan fingerprint density at radius 3 is 1.41 bits per heavy atom. The zero-order chi connectivity index (χ0) is 81.3. The minimum atomic E-state index is -1.45. The van der Waals surface area contributed by atoms with Crippen molar-refractivity contribution in [1.82, 2.24) is 60.7 Å². The Hall–Kier alpha value is -5.55. The van der Waals surface area contributed by atoms with E-state index in [9.17, 15) is 75.7 Å². The second kappa shape index (κ2) is 48.7. The smallest absolute Gasteiger partial charge is 0.217 e. The number of aryl methyl sites for hydroxylation is 2. The summed E-state index contributed by atoms with van der Waals surface area (Å²) in [6.07, 6.45) is -1.72. The van der Waals surface area contributed by atoms with Gasteiger partial charge in [-0.1, -0.05) is 51.5 Å². The molecule has 39 nitrogen and oxygen atoms in total. The van der Waals surface area contributed by atoms with Crippen LogP contribution in [0.3, 0.4) is 0 Å². The maximum absolute atomic E-state index is 14.9. The number of amides is 2. The van der Waals surface area contributed by atoms with Crippen LogP contribution in [0.4, 0.5) is 0 Å². The number of aliphatic hydroxyl groups excluding tert-OH is 12. The van der Waals surface area contributed by atoms with E-state index in [0.29, 0.717) is 159 Å². The van der Waals surface area contributed by atoms with Crippen molar-refractivity contribution in [1.29, 1.82) is 5.53 Å². The van der Waals surface area contributed by atoms with Crippen LogP contribution < -0.4 is 27.5 Å². The van der Waals surface area contributed by atoms with Gasteiger partial charge in [-0.15, -0.1) is 10.2 Å². The number of nitrogens with one attached hydrogen (secondary N) is 4. The molecule has 0 radical (unpaired) electrons. The van der Waals surface area contributed by atoms with Gasteiger partial charge in [-0.05, 0) is 96.4 Å². The highest BCUT2D eigenvalue weighted by Gasteiger charge is 2.48. The number of carbonyl (C=O) groups excluding carboxylic acids is 3. The fourth-order valence-corrected chi connectivity index (χ4v) is 13.7. The van der Waals surface area contributed by atoms with E-state index in [0.717, 1.165) is 19.3 Å². The van der Waals surface area contributed by atoms with E-state index < -0.39 is 172 Å². The van der Waals surface area contributed by atoms with Crippen LogP contribution in [0, 0.1) is 22.8 Å². The maximum Gasteiger partial charge on any atom is 0.217 e.